The summed E-state index contributed by atoms with van der Waals surface area (Å²) < 4.78 is 33.8. The number of benzene rings is 1. The van der Waals surface area contributed by atoms with Gasteiger partial charge < -0.3 is 15.7 Å². The Morgan fingerprint density at radius 1 is 1.36 bits per heavy atom. The average Bonchev–Trinajstić information content (AvgIpc) is 3.06. The minimum atomic E-state index is -5.08. The predicted octanol–water partition coefficient (Wildman–Crippen LogP) is 2.82. The van der Waals surface area contributed by atoms with Gasteiger partial charge in [0.15, 0.2) is 0 Å². The molecule has 0 bridgehead atoms. The molecule has 2 aromatic rings. The molecule has 2 heterocycles. The highest BCUT2D eigenvalue weighted by Crippen LogP contribution is 2.25. The van der Waals surface area contributed by atoms with Gasteiger partial charge in [-0.2, -0.15) is 18.3 Å². The van der Waals surface area contributed by atoms with Crippen molar-refractivity contribution in [2.75, 3.05) is 19.6 Å². The van der Waals surface area contributed by atoms with Crippen molar-refractivity contribution in [2.45, 2.75) is 38.4 Å². The second-order valence-electron chi connectivity index (χ2n) is 6.62. The van der Waals surface area contributed by atoms with Gasteiger partial charge in [0.05, 0.1) is 11.6 Å². The Kier molecular flexibility index (Phi) is 7.00. The van der Waals surface area contributed by atoms with E-state index in [9.17, 15) is 18.0 Å². The van der Waals surface area contributed by atoms with Crippen molar-refractivity contribution in [3.05, 3.63) is 30.0 Å². The number of carboxylic acid groups (broad SMARTS) is 1. The van der Waals surface area contributed by atoms with Gasteiger partial charge in [-0.1, -0.05) is 19.1 Å². The van der Waals surface area contributed by atoms with Crippen molar-refractivity contribution in [2.24, 2.45) is 5.73 Å². The number of rotatable bonds is 4. The van der Waals surface area contributed by atoms with Gasteiger partial charge in [0.2, 0.25) is 0 Å². The number of hydrogen-bond acceptors (Lipinski definition) is 4. The number of carbonyl (C=O) groups excluding carboxylic acids is 1. The molecule has 1 aromatic carbocycles. The summed E-state index contributed by atoms with van der Waals surface area (Å²) in [6, 6.07) is 5.97. The summed E-state index contributed by atoms with van der Waals surface area (Å²) >= 11 is 0. The average molecular weight is 400 g/mol. The highest BCUT2D eigenvalue weighted by atomic mass is 19.4. The lowest BCUT2D eigenvalue weighted by atomic mass is 10.1. The Bertz CT molecular complexity index is 833. The molecule has 10 heteroatoms. The van der Waals surface area contributed by atoms with Crippen LogP contribution < -0.4 is 5.73 Å². The molecule has 3 N–H and O–H groups in total. The van der Waals surface area contributed by atoms with Crippen molar-refractivity contribution >= 4 is 22.8 Å². The second-order valence-corrected chi connectivity index (χ2v) is 6.62. The Morgan fingerprint density at radius 2 is 2.04 bits per heavy atom. The van der Waals surface area contributed by atoms with Crippen LogP contribution in [0.2, 0.25) is 0 Å². The molecular weight excluding hydrogens is 377 g/mol. The van der Waals surface area contributed by atoms with Crippen molar-refractivity contribution < 1.29 is 27.9 Å². The zero-order valence-electron chi connectivity index (χ0n) is 15.4. The fraction of sp³-hybridized carbons (Fsp3) is 0.500. The molecule has 1 aliphatic rings. The lowest BCUT2D eigenvalue weighted by Crippen LogP contribution is -2.37. The number of amides is 1. The number of hydrogen-bond donors (Lipinski definition) is 2. The molecule has 3 rings (SSSR count). The molecule has 0 spiro atoms. The van der Waals surface area contributed by atoms with Crippen LogP contribution in [0.3, 0.4) is 0 Å². The molecule has 7 nitrogen and oxygen atoms in total. The van der Waals surface area contributed by atoms with Crippen LogP contribution in [-0.4, -0.2) is 57.5 Å². The van der Waals surface area contributed by atoms with E-state index in [1.807, 2.05) is 23.0 Å². The highest BCUT2D eigenvalue weighted by molar-refractivity contribution is 6.04. The Hall–Kier alpha value is -2.62. The molecule has 1 aliphatic heterocycles. The number of likely N-dealkylation sites (tertiary alicyclic amines) is 1. The normalized spacial score (nSPS) is 17.8. The third-order valence-electron chi connectivity index (χ3n) is 4.46. The summed E-state index contributed by atoms with van der Waals surface area (Å²) in [5, 5.41) is 12.8. The number of nitrogens with zero attached hydrogens (tertiary/aromatic N) is 3. The van der Waals surface area contributed by atoms with Crippen LogP contribution in [0.5, 0.6) is 0 Å². The fourth-order valence-corrected chi connectivity index (χ4v) is 3.22. The number of halogens is 3. The maximum atomic E-state index is 11.5. The van der Waals surface area contributed by atoms with Crippen LogP contribution in [0, 0.1) is 0 Å². The number of piperidine rings is 1. The summed E-state index contributed by atoms with van der Waals surface area (Å²) in [7, 11) is 0. The van der Waals surface area contributed by atoms with Gasteiger partial charge in [-0.05, 0) is 38.4 Å². The number of alkyl halides is 3. The van der Waals surface area contributed by atoms with Crippen LogP contribution in [0.15, 0.2) is 24.4 Å². The van der Waals surface area contributed by atoms with Gasteiger partial charge in [0.1, 0.15) is 5.52 Å². The van der Waals surface area contributed by atoms with E-state index in [0.717, 1.165) is 30.4 Å². The number of aliphatic carboxylic acids is 1. The number of aromatic nitrogens is 2. The minimum Gasteiger partial charge on any atom is -0.475 e. The molecule has 1 amide bonds. The standard InChI is InChI=1S/C16H22N4O.C2HF3O2/c1-2-8-19-9-4-6-13(11-19)20-10-12-5-3-7-14(16(17)21)15(12)18-20;3-2(4,5)1(6)7/h3,5,7,10,13H,2,4,6,8-9,11H2,1H3,(H2,17,21);(H,6,7). The number of fused-ring (bicyclic) bond motifs is 1. The monoisotopic (exact) mass is 400 g/mol. The molecule has 1 unspecified atom stereocenters. The van der Waals surface area contributed by atoms with Crippen molar-refractivity contribution in [3.8, 4) is 0 Å². The first-order chi connectivity index (χ1) is 13.1. The van der Waals surface area contributed by atoms with Crippen LogP contribution in [-0.2, 0) is 4.79 Å². The third-order valence-corrected chi connectivity index (χ3v) is 4.46. The highest BCUT2D eigenvalue weighted by Gasteiger charge is 2.38. The smallest absolute Gasteiger partial charge is 0.475 e. The van der Waals surface area contributed by atoms with Gasteiger partial charge >= 0.3 is 12.1 Å². The molecule has 28 heavy (non-hydrogen) atoms. The molecule has 1 saturated heterocycles. The van der Waals surface area contributed by atoms with Crippen LogP contribution in [0.1, 0.15) is 42.6 Å². The number of nitrogens with two attached hydrogens (primary N) is 1. The van der Waals surface area contributed by atoms with E-state index in [1.54, 1.807) is 6.07 Å². The third kappa shape index (κ3) is 5.44. The van der Waals surface area contributed by atoms with Crippen LogP contribution in [0.25, 0.3) is 10.9 Å². The van der Waals surface area contributed by atoms with Crippen molar-refractivity contribution in [1.82, 2.24) is 14.7 Å². The first kappa shape index (κ1) is 21.7. The van der Waals surface area contributed by atoms with Crippen LogP contribution in [0.4, 0.5) is 13.2 Å². The second kappa shape index (κ2) is 9.05. The summed E-state index contributed by atoms with van der Waals surface area (Å²) in [5.41, 5.74) is 6.66. The lowest BCUT2D eigenvalue weighted by Gasteiger charge is -2.32. The predicted molar refractivity (Wildman–Crippen MR) is 96.9 cm³/mol. The lowest BCUT2D eigenvalue weighted by molar-refractivity contribution is -0.192. The van der Waals surface area contributed by atoms with E-state index in [0.29, 0.717) is 11.6 Å². The van der Waals surface area contributed by atoms with E-state index in [-0.39, 0.29) is 0 Å². The first-order valence-corrected chi connectivity index (χ1v) is 8.93. The fourth-order valence-electron chi connectivity index (χ4n) is 3.22. The van der Waals surface area contributed by atoms with E-state index >= 15 is 0 Å². The topological polar surface area (TPSA) is 101 Å². The van der Waals surface area contributed by atoms with E-state index in [2.05, 4.69) is 16.9 Å². The molecule has 0 radical (unpaired) electrons. The number of primary amides is 1. The molecule has 154 valence electrons. The van der Waals surface area contributed by atoms with E-state index in [1.165, 1.54) is 19.4 Å². The minimum absolute atomic E-state index is 0.387. The molecule has 1 atom stereocenters. The summed E-state index contributed by atoms with van der Waals surface area (Å²) in [6.07, 6.45) is 0.477. The SMILES string of the molecule is CCCN1CCCC(n2cc3cccc(C(N)=O)c3n2)C1.O=C(O)C(F)(F)F. The summed E-state index contributed by atoms with van der Waals surface area (Å²) in [6.45, 7) is 5.57. The van der Waals surface area contributed by atoms with Gasteiger partial charge in [0.25, 0.3) is 5.91 Å². The maximum absolute atomic E-state index is 11.5. The van der Waals surface area contributed by atoms with Gasteiger partial charge in [0, 0.05) is 18.1 Å². The van der Waals surface area contributed by atoms with E-state index in [4.69, 9.17) is 15.6 Å². The van der Waals surface area contributed by atoms with Gasteiger partial charge in [-0.3, -0.25) is 9.48 Å². The summed E-state index contributed by atoms with van der Waals surface area (Å²) in [4.78, 5) is 22.9. The van der Waals surface area contributed by atoms with Gasteiger partial charge in [-0.15, -0.1) is 0 Å². The van der Waals surface area contributed by atoms with Crippen molar-refractivity contribution in [3.63, 3.8) is 0 Å². The van der Waals surface area contributed by atoms with Crippen molar-refractivity contribution in [1.29, 1.82) is 0 Å². The quantitative estimate of drug-likeness (QED) is 0.822. The zero-order valence-corrected chi connectivity index (χ0v) is 15.4. The first-order valence-electron chi connectivity index (χ1n) is 8.93. The van der Waals surface area contributed by atoms with Gasteiger partial charge in [-0.25, -0.2) is 4.79 Å². The molecular formula is C18H23F3N4O3. The molecule has 1 fully saturated rings. The Balaban J connectivity index is 0.000000345. The number of carboxylic acids is 1. The Labute approximate surface area is 159 Å². The molecule has 0 aliphatic carbocycles. The summed E-state index contributed by atoms with van der Waals surface area (Å²) in [5.74, 6) is -3.17. The Morgan fingerprint density at radius 3 is 2.61 bits per heavy atom. The zero-order chi connectivity index (χ0) is 20.9. The largest absolute Gasteiger partial charge is 0.490 e. The molecule has 0 saturated carbocycles. The number of carbonyl (C=O) groups is 2. The van der Waals surface area contributed by atoms with Crippen LogP contribution >= 0.6 is 0 Å². The maximum Gasteiger partial charge on any atom is 0.490 e. The van der Waals surface area contributed by atoms with E-state index < -0.39 is 18.1 Å². The molecule has 1 aromatic heterocycles.